The van der Waals surface area contributed by atoms with Gasteiger partial charge in [-0.15, -0.1) is 0 Å². The van der Waals surface area contributed by atoms with E-state index in [9.17, 15) is 4.79 Å². The summed E-state index contributed by atoms with van der Waals surface area (Å²) >= 11 is 0. The highest BCUT2D eigenvalue weighted by atomic mass is 16.6. The first-order valence-electron chi connectivity index (χ1n) is 8.63. The lowest BCUT2D eigenvalue weighted by molar-refractivity contribution is -0.0419. The number of carbonyl (C=O) groups is 1. The molecule has 2 aliphatic heterocycles. The van der Waals surface area contributed by atoms with Crippen LogP contribution in [0.15, 0.2) is 0 Å². The van der Waals surface area contributed by atoms with E-state index in [4.69, 9.17) is 9.47 Å². The Kier molecular flexibility index (Phi) is 5.72. The molecule has 1 unspecified atom stereocenters. The lowest BCUT2D eigenvalue weighted by atomic mass is 9.88. The first-order valence-corrected chi connectivity index (χ1v) is 8.63. The molecule has 128 valence electrons. The molecule has 0 saturated carbocycles. The zero-order valence-corrected chi connectivity index (χ0v) is 14.6. The summed E-state index contributed by atoms with van der Waals surface area (Å²) in [5.74, 6) is 0. The number of hydrogen-bond donors (Lipinski definition) is 1. The largest absolute Gasteiger partial charge is 0.444 e. The summed E-state index contributed by atoms with van der Waals surface area (Å²) in [6.07, 6.45) is 4.74. The molecule has 0 aromatic heterocycles. The van der Waals surface area contributed by atoms with Gasteiger partial charge >= 0.3 is 6.09 Å². The second kappa shape index (κ2) is 7.18. The van der Waals surface area contributed by atoms with Crippen molar-refractivity contribution in [1.82, 2.24) is 10.2 Å². The van der Waals surface area contributed by atoms with Crippen molar-refractivity contribution in [2.45, 2.75) is 77.0 Å². The van der Waals surface area contributed by atoms with Crippen LogP contribution in [-0.4, -0.2) is 54.5 Å². The van der Waals surface area contributed by atoms with Gasteiger partial charge in [0.15, 0.2) is 0 Å². The summed E-state index contributed by atoms with van der Waals surface area (Å²) in [7, 11) is 0. The Hall–Kier alpha value is -0.810. The van der Waals surface area contributed by atoms with Crippen LogP contribution in [0.5, 0.6) is 0 Å². The van der Waals surface area contributed by atoms with E-state index in [0.717, 1.165) is 58.4 Å². The molecule has 2 rings (SSSR count). The van der Waals surface area contributed by atoms with Crippen LogP contribution in [0.1, 0.15) is 59.8 Å². The highest BCUT2D eigenvalue weighted by molar-refractivity contribution is 5.69. The van der Waals surface area contributed by atoms with Gasteiger partial charge in [0, 0.05) is 24.8 Å². The van der Waals surface area contributed by atoms with E-state index in [-0.39, 0.29) is 17.7 Å². The lowest BCUT2D eigenvalue weighted by Gasteiger charge is -2.46. The van der Waals surface area contributed by atoms with Crippen molar-refractivity contribution in [3.8, 4) is 0 Å². The monoisotopic (exact) mass is 312 g/mol. The van der Waals surface area contributed by atoms with E-state index in [1.165, 1.54) is 0 Å². The topological polar surface area (TPSA) is 50.8 Å². The summed E-state index contributed by atoms with van der Waals surface area (Å²) in [5.41, 5.74) is -0.590. The maximum atomic E-state index is 12.9. The van der Waals surface area contributed by atoms with Crippen LogP contribution >= 0.6 is 0 Å². The van der Waals surface area contributed by atoms with Crippen molar-refractivity contribution in [2.24, 2.45) is 0 Å². The second-order valence-corrected chi connectivity index (χ2v) is 7.79. The lowest BCUT2D eigenvalue weighted by Crippen LogP contribution is -2.57. The molecule has 5 nitrogen and oxygen atoms in total. The van der Waals surface area contributed by atoms with Gasteiger partial charge in [-0.3, -0.25) is 4.90 Å². The molecular weight excluding hydrogens is 280 g/mol. The van der Waals surface area contributed by atoms with E-state index in [0.29, 0.717) is 0 Å². The molecule has 2 fully saturated rings. The quantitative estimate of drug-likeness (QED) is 0.852. The van der Waals surface area contributed by atoms with E-state index in [2.05, 4.69) is 12.2 Å². The van der Waals surface area contributed by atoms with Crippen LogP contribution < -0.4 is 5.32 Å². The van der Waals surface area contributed by atoms with Gasteiger partial charge in [0.05, 0.1) is 0 Å². The molecule has 1 amide bonds. The van der Waals surface area contributed by atoms with E-state index in [1.54, 1.807) is 0 Å². The van der Waals surface area contributed by atoms with Crippen molar-refractivity contribution >= 4 is 6.09 Å². The molecule has 2 heterocycles. The molecule has 0 aliphatic carbocycles. The van der Waals surface area contributed by atoms with Crippen LogP contribution in [0.2, 0.25) is 0 Å². The molecule has 2 saturated heterocycles. The van der Waals surface area contributed by atoms with Gasteiger partial charge in [0.25, 0.3) is 0 Å². The minimum Gasteiger partial charge on any atom is -0.444 e. The Morgan fingerprint density at radius 3 is 2.55 bits per heavy atom. The standard InChI is InChI=1S/C17H32N2O3/c1-16(2,3)22-15(20)19(14-6-12-21-13-7-14)17(4)8-5-10-18-11-9-17/h14,18H,5-13H2,1-4H3. The number of ether oxygens (including phenoxy) is 2. The van der Waals surface area contributed by atoms with Gasteiger partial charge in [0.2, 0.25) is 0 Å². The number of carbonyl (C=O) groups excluding carboxylic acids is 1. The smallest absolute Gasteiger partial charge is 0.410 e. The third-order valence-corrected chi connectivity index (χ3v) is 4.64. The van der Waals surface area contributed by atoms with Gasteiger partial charge in [-0.2, -0.15) is 0 Å². The first-order chi connectivity index (χ1) is 10.3. The van der Waals surface area contributed by atoms with Crippen LogP contribution in [-0.2, 0) is 9.47 Å². The molecule has 1 atom stereocenters. The van der Waals surface area contributed by atoms with Crippen molar-refractivity contribution in [2.75, 3.05) is 26.3 Å². The summed E-state index contributed by atoms with van der Waals surface area (Å²) in [6, 6.07) is 0.228. The highest BCUT2D eigenvalue weighted by Crippen LogP contribution is 2.33. The van der Waals surface area contributed by atoms with Gasteiger partial charge in [-0.05, 0) is 72.9 Å². The summed E-state index contributed by atoms with van der Waals surface area (Å²) in [6.45, 7) is 11.5. The second-order valence-electron chi connectivity index (χ2n) is 7.79. The molecule has 2 aliphatic rings. The van der Waals surface area contributed by atoms with Crippen molar-refractivity contribution < 1.29 is 14.3 Å². The Morgan fingerprint density at radius 1 is 1.23 bits per heavy atom. The maximum absolute atomic E-state index is 12.9. The van der Waals surface area contributed by atoms with Gasteiger partial charge in [-0.25, -0.2) is 4.79 Å². The average molecular weight is 312 g/mol. The van der Waals surface area contributed by atoms with Gasteiger partial charge < -0.3 is 14.8 Å². The predicted octanol–water partition coefficient (Wildman–Crippen LogP) is 2.93. The van der Waals surface area contributed by atoms with Crippen molar-refractivity contribution in [3.63, 3.8) is 0 Å². The Morgan fingerprint density at radius 2 is 1.91 bits per heavy atom. The molecule has 5 heteroatoms. The minimum atomic E-state index is -0.458. The molecule has 22 heavy (non-hydrogen) atoms. The van der Waals surface area contributed by atoms with Crippen LogP contribution in [0.25, 0.3) is 0 Å². The Labute approximate surface area is 134 Å². The molecule has 0 aromatic rings. The summed E-state index contributed by atoms with van der Waals surface area (Å²) in [5, 5.41) is 3.44. The molecule has 0 aromatic carbocycles. The number of hydrogen-bond acceptors (Lipinski definition) is 4. The summed E-state index contributed by atoms with van der Waals surface area (Å²) < 4.78 is 11.2. The third-order valence-electron chi connectivity index (χ3n) is 4.64. The van der Waals surface area contributed by atoms with Gasteiger partial charge in [-0.1, -0.05) is 0 Å². The van der Waals surface area contributed by atoms with E-state index >= 15 is 0 Å². The normalized spacial score (nSPS) is 28.0. The number of amides is 1. The molecule has 0 bridgehead atoms. The van der Waals surface area contributed by atoms with Gasteiger partial charge in [0.1, 0.15) is 5.60 Å². The molecule has 0 spiro atoms. The predicted molar refractivity (Wildman–Crippen MR) is 87.0 cm³/mol. The Balaban J connectivity index is 2.21. The molecular formula is C17H32N2O3. The number of nitrogens with zero attached hydrogens (tertiary/aromatic N) is 1. The van der Waals surface area contributed by atoms with E-state index in [1.807, 2.05) is 25.7 Å². The number of nitrogens with one attached hydrogen (secondary N) is 1. The van der Waals surface area contributed by atoms with Crippen LogP contribution in [0, 0.1) is 0 Å². The zero-order chi connectivity index (χ0) is 16.2. The Bertz CT molecular complexity index is 365. The maximum Gasteiger partial charge on any atom is 0.410 e. The number of rotatable bonds is 2. The fraction of sp³-hybridized carbons (Fsp3) is 0.941. The van der Waals surface area contributed by atoms with E-state index < -0.39 is 5.60 Å². The van der Waals surface area contributed by atoms with Crippen molar-refractivity contribution in [1.29, 1.82) is 0 Å². The first kappa shape index (κ1) is 17.5. The SMILES string of the molecule is CC(C)(C)OC(=O)N(C1CCOCC1)C1(C)CCCNCC1. The van der Waals surface area contributed by atoms with Crippen LogP contribution in [0.4, 0.5) is 4.79 Å². The fourth-order valence-corrected chi connectivity index (χ4v) is 3.51. The summed E-state index contributed by atoms with van der Waals surface area (Å²) in [4.78, 5) is 15.0. The van der Waals surface area contributed by atoms with Crippen LogP contribution in [0.3, 0.4) is 0 Å². The third kappa shape index (κ3) is 4.59. The minimum absolute atomic E-state index is 0.131. The average Bonchev–Trinajstić information content (AvgIpc) is 2.63. The fourth-order valence-electron chi connectivity index (χ4n) is 3.51. The van der Waals surface area contributed by atoms with Crippen molar-refractivity contribution in [3.05, 3.63) is 0 Å². The molecule has 1 N–H and O–H groups in total. The zero-order valence-electron chi connectivity index (χ0n) is 14.6. The highest BCUT2D eigenvalue weighted by Gasteiger charge is 2.42. The molecule has 0 radical (unpaired) electrons.